The van der Waals surface area contributed by atoms with Crippen molar-refractivity contribution >= 4 is 12.3 Å². The van der Waals surface area contributed by atoms with Crippen LogP contribution in [-0.4, -0.2) is 52.6 Å². The smallest absolute Gasteiger partial charge is 0.354 e. The number of nitrogens with zero attached hydrogens (tertiary/aromatic N) is 2. The molecule has 0 saturated carbocycles. The standard InChI is InChI=1S/C11H14N2O3.CH4O/c1-2-13(6-7-14)8-9-4-3-5-10(12-9)11(15)16;1-2/h3-5,7H,2,6,8H2,1H3,(H,15,16);2H,1H3. The van der Waals surface area contributed by atoms with E-state index >= 15 is 0 Å². The number of aromatic nitrogens is 1. The Kier molecular flexibility index (Phi) is 8.34. The second-order valence-corrected chi connectivity index (χ2v) is 3.31. The van der Waals surface area contributed by atoms with Gasteiger partial charge in [-0.05, 0) is 18.7 Å². The summed E-state index contributed by atoms with van der Waals surface area (Å²) < 4.78 is 0. The molecule has 100 valence electrons. The number of aldehydes is 1. The van der Waals surface area contributed by atoms with Gasteiger partial charge in [-0.15, -0.1) is 0 Å². The van der Waals surface area contributed by atoms with Crippen LogP contribution in [0.5, 0.6) is 0 Å². The SMILES string of the molecule is CCN(CC=O)Cc1cccc(C(=O)O)n1.CO. The highest BCUT2D eigenvalue weighted by molar-refractivity contribution is 5.85. The normalized spacial score (nSPS) is 9.56. The number of hydrogen-bond donors (Lipinski definition) is 2. The van der Waals surface area contributed by atoms with Gasteiger partial charge >= 0.3 is 5.97 Å². The molecule has 6 heteroatoms. The van der Waals surface area contributed by atoms with Crippen LogP contribution in [0.4, 0.5) is 0 Å². The van der Waals surface area contributed by atoms with E-state index in [2.05, 4.69) is 4.98 Å². The Bertz CT molecular complexity index is 382. The lowest BCUT2D eigenvalue weighted by atomic mass is 10.3. The molecule has 0 spiro atoms. The predicted molar refractivity (Wildman–Crippen MR) is 66.4 cm³/mol. The summed E-state index contributed by atoms with van der Waals surface area (Å²) in [6.07, 6.45) is 0.824. The number of likely N-dealkylation sites (N-methyl/N-ethyl adjacent to an activating group) is 1. The Labute approximate surface area is 106 Å². The van der Waals surface area contributed by atoms with E-state index in [4.69, 9.17) is 10.2 Å². The number of pyridine rings is 1. The van der Waals surface area contributed by atoms with Crippen molar-refractivity contribution in [1.29, 1.82) is 0 Å². The van der Waals surface area contributed by atoms with Crippen molar-refractivity contribution in [2.24, 2.45) is 0 Å². The van der Waals surface area contributed by atoms with Crippen molar-refractivity contribution in [3.8, 4) is 0 Å². The fourth-order valence-corrected chi connectivity index (χ4v) is 1.33. The van der Waals surface area contributed by atoms with E-state index in [-0.39, 0.29) is 5.69 Å². The lowest BCUT2D eigenvalue weighted by Gasteiger charge is -2.16. The molecule has 6 nitrogen and oxygen atoms in total. The molecule has 0 saturated heterocycles. The van der Waals surface area contributed by atoms with Crippen molar-refractivity contribution < 1.29 is 19.8 Å². The van der Waals surface area contributed by atoms with E-state index in [9.17, 15) is 9.59 Å². The van der Waals surface area contributed by atoms with Crippen molar-refractivity contribution in [2.45, 2.75) is 13.5 Å². The lowest BCUT2D eigenvalue weighted by molar-refractivity contribution is -0.108. The Morgan fingerprint density at radius 2 is 2.11 bits per heavy atom. The maximum Gasteiger partial charge on any atom is 0.354 e. The Balaban J connectivity index is 0.00000137. The van der Waals surface area contributed by atoms with Crippen LogP contribution >= 0.6 is 0 Å². The molecule has 0 aliphatic carbocycles. The molecule has 18 heavy (non-hydrogen) atoms. The molecule has 0 radical (unpaired) electrons. The van der Waals surface area contributed by atoms with Gasteiger partial charge in [-0.1, -0.05) is 13.0 Å². The summed E-state index contributed by atoms with van der Waals surface area (Å²) in [6.45, 7) is 3.47. The zero-order valence-corrected chi connectivity index (χ0v) is 10.5. The number of aliphatic hydroxyl groups excluding tert-OH is 1. The minimum absolute atomic E-state index is 0.0275. The van der Waals surface area contributed by atoms with Crippen LogP contribution in [-0.2, 0) is 11.3 Å². The summed E-state index contributed by atoms with van der Waals surface area (Å²) in [5.74, 6) is -1.04. The summed E-state index contributed by atoms with van der Waals surface area (Å²) in [4.78, 5) is 26.9. The fourth-order valence-electron chi connectivity index (χ4n) is 1.33. The molecule has 0 fully saturated rings. The van der Waals surface area contributed by atoms with Gasteiger partial charge in [0.2, 0.25) is 0 Å². The average molecular weight is 254 g/mol. The molecule has 0 bridgehead atoms. The molecule has 0 aromatic carbocycles. The van der Waals surface area contributed by atoms with E-state index in [0.717, 1.165) is 19.9 Å². The monoisotopic (exact) mass is 254 g/mol. The van der Waals surface area contributed by atoms with Gasteiger partial charge < -0.3 is 15.0 Å². The molecule has 0 atom stereocenters. The van der Waals surface area contributed by atoms with Crippen molar-refractivity contribution in [3.63, 3.8) is 0 Å². The van der Waals surface area contributed by atoms with Crippen molar-refractivity contribution in [2.75, 3.05) is 20.2 Å². The Hall–Kier alpha value is -1.79. The van der Waals surface area contributed by atoms with Crippen molar-refractivity contribution in [1.82, 2.24) is 9.88 Å². The first-order valence-corrected chi connectivity index (χ1v) is 5.47. The largest absolute Gasteiger partial charge is 0.477 e. The van der Waals surface area contributed by atoms with Gasteiger partial charge in [0.15, 0.2) is 0 Å². The highest BCUT2D eigenvalue weighted by atomic mass is 16.4. The topological polar surface area (TPSA) is 90.7 Å². The van der Waals surface area contributed by atoms with Crippen LogP contribution in [0.15, 0.2) is 18.2 Å². The first-order chi connectivity index (χ1) is 8.67. The van der Waals surface area contributed by atoms with Gasteiger partial charge in [-0.2, -0.15) is 0 Å². The third-order valence-electron chi connectivity index (χ3n) is 2.19. The minimum Gasteiger partial charge on any atom is -0.477 e. The summed E-state index contributed by atoms with van der Waals surface area (Å²) in [6, 6.07) is 4.85. The van der Waals surface area contributed by atoms with Crippen LogP contribution in [0.3, 0.4) is 0 Å². The predicted octanol–water partition coefficient (Wildman–Crippen LogP) is 0.409. The highest BCUT2D eigenvalue weighted by Crippen LogP contribution is 2.03. The maximum atomic E-state index is 10.7. The summed E-state index contributed by atoms with van der Waals surface area (Å²) in [5.41, 5.74) is 0.684. The number of aliphatic hydroxyl groups is 1. The van der Waals surface area contributed by atoms with Gasteiger partial charge in [0.05, 0.1) is 12.2 Å². The molecular weight excluding hydrogens is 236 g/mol. The van der Waals surface area contributed by atoms with E-state index < -0.39 is 5.97 Å². The molecule has 2 N–H and O–H groups in total. The third-order valence-corrected chi connectivity index (χ3v) is 2.19. The van der Waals surface area contributed by atoms with E-state index in [0.29, 0.717) is 18.8 Å². The Morgan fingerprint density at radius 1 is 1.44 bits per heavy atom. The Morgan fingerprint density at radius 3 is 2.61 bits per heavy atom. The van der Waals surface area contributed by atoms with Crippen molar-refractivity contribution in [3.05, 3.63) is 29.6 Å². The van der Waals surface area contributed by atoms with E-state index in [1.54, 1.807) is 12.1 Å². The second-order valence-electron chi connectivity index (χ2n) is 3.31. The number of carbonyl (C=O) groups excluding carboxylic acids is 1. The zero-order chi connectivity index (χ0) is 14.0. The minimum atomic E-state index is -1.04. The molecule has 0 amide bonds. The average Bonchev–Trinajstić information content (AvgIpc) is 2.41. The molecule has 0 aliphatic heterocycles. The summed E-state index contributed by atoms with van der Waals surface area (Å²) >= 11 is 0. The van der Waals surface area contributed by atoms with Crippen LogP contribution in [0, 0.1) is 0 Å². The van der Waals surface area contributed by atoms with Crippen LogP contribution < -0.4 is 0 Å². The zero-order valence-electron chi connectivity index (χ0n) is 10.5. The molecule has 1 rings (SSSR count). The molecular formula is C12H18N2O4. The number of rotatable bonds is 6. The van der Waals surface area contributed by atoms with Crippen LogP contribution in [0.1, 0.15) is 23.1 Å². The molecule has 0 unspecified atom stereocenters. The number of carboxylic acids is 1. The van der Waals surface area contributed by atoms with Crippen LogP contribution in [0.2, 0.25) is 0 Å². The number of carboxylic acid groups (broad SMARTS) is 1. The number of carbonyl (C=O) groups is 2. The molecule has 1 heterocycles. The second kappa shape index (κ2) is 9.26. The number of hydrogen-bond acceptors (Lipinski definition) is 5. The van der Waals surface area contributed by atoms with Crippen LogP contribution in [0.25, 0.3) is 0 Å². The maximum absolute atomic E-state index is 10.7. The van der Waals surface area contributed by atoms with Gasteiger partial charge in [-0.3, -0.25) is 4.90 Å². The highest BCUT2D eigenvalue weighted by Gasteiger charge is 2.07. The van der Waals surface area contributed by atoms with Gasteiger partial charge in [0.25, 0.3) is 0 Å². The van der Waals surface area contributed by atoms with Gasteiger partial charge in [0, 0.05) is 13.7 Å². The number of aromatic carboxylic acids is 1. The lowest BCUT2D eigenvalue weighted by Crippen LogP contribution is -2.25. The third kappa shape index (κ3) is 5.51. The first-order valence-electron chi connectivity index (χ1n) is 5.47. The molecule has 0 aliphatic rings. The summed E-state index contributed by atoms with van der Waals surface area (Å²) in [7, 11) is 1.00. The summed E-state index contributed by atoms with van der Waals surface area (Å²) in [5, 5.41) is 15.8. The molecule has 1 aromatic heterocycles. The quantitative estimate of drug-likeness (QED) is 0.714. The fraction of sp³-hybridized carbons (Fsp3) is 0.417. The van der Waals surface area contributed by atoms with E-state index in [1.165, 1.54) is 6.07 Å². The van der Waals surface area contributed by atoms with Gasteiger partial charge in [-0.25, -0.2) is 9.78 Å². The van der Waals surface area contributed by atoms with E-state index in [1.807, 2.05) is 11.8 Å². The molecule has 1 aromatic rings. The van der Waals surface area contributed by atoms with Gasteiger partial charge in [0.1, 0.15) is 12.0 Å². The first kappa shape index (κ1) is 16.2.